The van der Waals surface area contributed by atoms with Gasteiger partial charge in [0.2, 0.25) is 5.91 Å². The number of nitrogens with one attached hydrogen (secondary N) is 1. The summed E-state index contributed by atoms with van der Waals surface area (Å²) < 4.78 is 1.26. The Hall–Kier alpha value is -3.25. The molecule has 0 aliphatic rings. The van der Waals surface area contributed by atoms with Crippen LogP contribution in [0.2, 0.25) is 0 Å². The lowest BCUT2D eigenvalue weighted by molar-refractivity contribution is -0.122. The molecule has 0 aliphatic heterocycles. The number of aryl methyl sites for hydroxylation is 1. The zero-order valence-corrected chi connectivity index (χ0v) is 17.8. The standard InChI is InChI=1S/C24H23N3O2S/c1-3-17-10-12-18(13-11-17)16(2)25-22(28)15-27-24(29)20-8-5-4-7-19(20)23(26-27)21-9-6-14-30-21/h4-14,16H,3,15H2,1-2H3,(H,25,28)/t16-/m0/s1. The molecule has 30 heavy (non-hydrogen) atoms. The average Bonchev–Trinajstić information content (AvgIpc) is 3.30. The molecule has 1 amide bonds. The lowest BCUT2D eigenvalue weighted by Crippen LogP contribution is -2.35. The van der Waals surface area contributed by atoms with Crippen LogP contribution in [0.15, 0.2) is 70.8 Å². The fourth-order valence-corrected chi connectivity index (χ4v) is 4.21. The molecule has 0 unspecified atom stereocenters. The minimum atomic E-state index is -0.263. The van der Waals surface area contributed by atoms with E-state index in [4.69, 9.17) is 0 Å². The summed E-state index contributed by atoms with van der Waals surface area (Å²) >= 11 is 1.56. The molecule has 2 aromatic heterocycles. The van der Waals surface area contributed by atoms with Gasteiger partial charge in [-0.05, 0) is 42.0 Å². The Bertz CT molecular complexity index is 1230. The molecular weight excluding hydrogens is 394 g/mol. The van der Waals surface area contributed by atoms with Crippen LogP contribution in [-0.4, -0.2) is 15.7 Å². The first-order chi connectivity index (χ1) is 14.6. The van der Waals surface area contributed by atoms with Crippen LogP contribution in [0.4, 0.5) is 0 Å². The van der Waals surface area contributed by atoms with E-state index in [2.05, 4.69) is 29.5 Å². The summed E-state index contributed by atoms with van der Waals surface area (Å²) in [7, 11) is 0. The molecule has 5 nitrogen and oxygen atoms in total. The minimum absolute atomic E-state index is 0.126. The lowest BCUT2D eigenvalue weighted by atomic mass is 10.1. The van der Waals surface area contributed by atoms with Crippen molar-refractivity contribution in [2.45, 2.75) is 32.9 Å². The number of fused-ring (bicyclic) bond motifs is 1. The molecule has 0 aliphatic carbocycles. The van der Waals surface area contributed by atoms with Crippen LogP contribution in [0.25, 0.3) is 21.3 Å². The van der Waals surface area contributed by atoms with Gasteiger partial charge in [0.25, 0.3) is 5.56 Å². The highest BCUT2D eigenvalue weighted by Gasteiger charge is 2.16. The van der Waals surface area contributed by atoms with Gasteiger partial charge in [0.1, 0.15) is 12.2 Å². The third-order valence-electron chi connectivity index (χ3n) is 5.18. The number of hydrogen-bond donors (Lipinski definition) is 1. The molecular formula is C24H23N3O2S. The topological polar surface area (TPSA) is 64.0 Å². The van der Waals surface area contributed by atoms with Crippen molar-refractivity contribution >= 4 is 28.0 Å². The largest absolute Gasteiger partial charge is 0.348 e. The molecule has 0 saturated carbocycles. The monoisotopic (exact) mass is 417 g/mol. The third kappa shape index (κ3) is 4.04. The normalized spacial score (nSPS) is 12.1. The number of carbonyl (C=O) groups is 1. The zero-order valence-electron chi connectivity index (χ0n) is 17.0. The molecule has 0 saturated heterocycles. The van der Waals surface area contributed by atoms with Gasteiger partial charge in [-0.25, -0.2) is 4.68 Å². The maximum Gasteiger partial charge on any atom is 0.275 e. The van der Waals surface area contributed by atoms with E-state index in [0.717, 1.165) is 27.9 Å². The van der Waals surface area contributed by atoms with Gasteiger partial charge in [0, 0.05) is 5.39 Å². The number of carbonyl (C=O) groups excluding carboxylic acids is 1. The SMILES string of the molecule is CCc1ccc([C@H](C)NC(=O)Cn2nc(-c3cccs3)c3ccccc3c2=O)cc1. The summed E-state index contributed by atoms with van der Waals surface area (Å²) in [5.74, 6) is -0.246. The van der Waals surface area contributed by atoms with E-state index >= 15 is 0 Å². The van der Waals surface area contributed by atoms with E-state index in [0.29, 0.717) is 5.39 Å². The predicted molar refractivity (Wildman–Crippen MR) is 122 cm³/mol. The Morgan fingerprint density at radius 1 is 1.07 bits per heavy atom. The van der Waals surface area contributed by atoms with E-state index in [1.54, 1.807) is 17.4 Å². The Morgan fingerprint density at radius 3 is 2.47 bits per heavy atom. The summed E-state index contributed by atoms with van der Waals surface area (Å²) in [4.78, 5) is 26.6. The van der Waals surface area contributed by atoms with Gasteiger partial charge in [0.05, 0.1) is 16.3 Å². The van der Waals surface area contributed by atoms with Gasteiger partial charge in [0.15, 0.2) is 0 Å². The molecule has 152 valence electrons. The molecule has 2 heterocycles. The summed E-state index contributed by atoms with van der Waals surface area (Å²) in [6, 6.07) is 19.3. The highest BCUT2D eigenvalue weighted by atomic mass is 32.1. The number of rotatable bonds is 6. The molecule has 0 spiro atoms. The third-order valence-corrected chi connectivity index (χ3v) is 6.06. The fraction of sp³-hybridized carbons (Fsp3) is 0.208. The molecule has 6 heteroatoms. The van der Waals surface area contributed by atoms with Crippen LogP contribution < -0.4 is 10.9 Å². The number of aromatic nitrogens is 2. The van der Waals surface area contributed by atoms with Crippen molar-refractivity contribution in [3.05, 3.63) is 87.5 Å². The summed E-state index contributed by atoms with van der Waals surface area (Å²) in [5, 5.41) is 10.8. The van der Waals surface area contributed by atoms with Crippen molar-refractivity contribution in [3.8, 4) is 10.6 Å². The molecule has 2 aromatic carbocycles. The van der Waals surface area contributed by atoms with Crippen LogP contribution >= 0.6 is 11.3 Å². The lowest BCUT2D eigenvalue weighted by Gasteiger charge is -2.16. The number of nitrogens with zero attached hydrogens (tertiary/aromatic N) is 2. The highest BCUT2D eigenvalue weighted by molar-refractivity contribution is 7.13. The summed E-state index contributed by atoms with van der Waals surface area (Å²) in [6.45, 7) is 3.92. The second kappa shape index (κ2) is 8.63. The minimum Gasteiger partial charge on any atom is -0.348 e. The molecule has 0 bridgehead atoms. The molecule has 1 atom stereocenters. The quantitative estimate of drug-likeness (QED) is 0.500. The van der Waals surface area contributed by atoms with Crippen LogP contribution in [0.1, 0.15) is 31.0 Å². The van der Waals surface area contributed by atoms with Crippen molar-refractivity contribution < 1.29 is 4.79 Å². The van der Waals surface area contributed by atoms with E-state index in [9.17, 15) is 9.59 Å². The van der Waals surface area contributed by atoms with Crippen molar-refractivity contribution in [1.29, 1.82) is 0 Å². The van der Waals surface area contributed by atoms with Crippen LogP contribution in [0, 0.1) is 0 Å². The van der Waals surface area contributed by atoms with Gasteiger partial charge in [-0.15, -0.1) is 11.3 Å². The van der Waals surface area contributed by atoms with E-state index in [1.165, 1.54) is 10.2 Å². The van der Waals surface area contributed by atoms with Crippen LogP contribution in [0.5, 0.6) is 0 Å². The van der Waals surface area contributed by atoms with E-state index < -0.39 is 0 Å². The first-order valence-electron chi connectivity index (χ1n) is 9.98. The van der Waals surface area contributed by atoms with Gasteiger partial charge < -0.3 is 5.32 Å². The van der Waals surface area contributed by atoms with Gasteiger partial charge in [-0.3, -0.25) is 9.59 Å². The van der Waals surface area contributed by atoms with Crippen LogP contribution in [-0.2, 0) is 17.8 Å². The second-order valence-corrected chi connectivity index (χ2v) is 8.17. The number of hydrogen-bond acceptors (Lipinski definition) is 4. The summed E-state index contributed by atoms with van der Waals surface area (Å²) in [6.07, 6.45) is 0.976. The van der Waals surface area contributed by atoms with Gasteiger partial charge in [-0.1, -0.05) is 55.5 Å². The number of benzene rings is 2. The molecule has 4 aromatic rings. The van der Waals surface area contributed by atoms with Gasteiger partial charge >= 0.3 is 0 Å². The predicted octanol–water partition coefficient (Wildman–Crippen LogP) is 4.56. The maximum absolute atomic E-state index is 12.9. The first kappa shape index (κ1) is 20.0. The molecule has 0 radical (unpaired) electrons. The molecule has 1 N–H and O–H groups in total. The van der Waals surface area contributed by atoms with Gasteiger partial charge in [-0.2, -0.15) is 5.10 Å². The van der Waals surface area contributed by atoms with E-state index in [1.807, 2.05) is 54.8 Å². The molecule has 0 fully saturated rings. The maximum atomic E-state index is 12.9. The average molecular weight is 418 g/mol. The first-order valence-corrected chi connectivity index (χ1v) is 10.9. The highest BCUT2D eigenvalue weighted by Crippen LogP contribution is 2.28. The van der Waals surface area contributed by atoms with Crippen molar-refractivity contribution in [1.82, 2.24) is 15.1 Å². The number of thiophene rings is 1. The van der Waals surface area contributed by atoms with E-state index in [-0.39, 0.29) is 24.1 Å². The Balaban J connectivity index is 1.61. The fourth-order valence-electron chi connectivity index (χ4n) is 3.49. The molecule has 4 rings (SSSR count). The Morgan fingerprint density at radius 2 is 1.80 bits per heavy atom. The van der Waals surface area contributed by atoms with Crippen LogP contribution in [0.3, 0.4) is 0 Å². The van der Waals surface area contributed by atoms with Crippen molar-refractivity contribution in [2.24, 2.45) is 0 Å². The zero-order chi connectivity index (χ0) is 21.1. The Labute approximate surface area is 179 Å². The number of amides is 1. The van der Waals surface area contributed by atoms with Crippen molar-refractivity contribution in [2.75, 3.05) is 0 Å². The second-order valence-electron chi connectivity index (χ2n) is 7.22. The van der Waals surface area contributed by atoms with Crippen molar-refractivity contribution in [3.63, 3.8) is 0 Å². The Kier molecular flexibility index (Phi) is 5.77. The summed E-state index contributed by atoms with van der Waals surface area (Å²) in [5.41, 5.74) is 2.74. The smallest absolute Gasteiger partial charge is 0.275 e.